The van der Waals surface area contributed by atoms with Crippen molar-refractivity contribution in [1.82, 2.24) is 19.6 Å². The lowest BCUT2D eigenvalue weighted by atomic mass is 10.1. The number of nitrogens with zero attached hydrogens (tertiary/aromatic N) is 3. The Hall–Kier alpha value is -1.93. The summed E-state index contributed by atoms with van der Waals surface area (Å²) in [6.07, 6.45) is 2.70. The second-order valence-corrected chi connectivity index (χ2v) is 4.26. The molecule has 0 saturated carbocycles. The van der Waals surface area contributed by atoms with Crippen LogP contribution in [0.15, 0.2) is 11.0 Å². The first-order chi connectivity index (χ1) is 8.69. The largest absolute Gasteiger partial charge is 0.394 e. The van der Waals surface area contributed by atoms with Gasteiger partial charge in [0.25, 0.3) is 5.56 Å². The Labute approximate surface area is 101 Å². The maximum Gasteiger partial charge on any atom is 0.295 e. The van der Waals surface area contributed by atoms with Gasteiger partial charge >= 0.3 is 0 Å². The van der Waals surface area contributed by atoms with Crippen LogP contribution in [0.4, 0.5) is 5.95 Å². The van der Waals surface area contributed by atoms with E-state index in [0.29, 0.717) is 5.69 Å². The predicted octanol–water partition coefficient (Wildman–Crippen LogP) is -0.788. The van der Waals surface area contributed by atoms with Crippen molar-refractivity contribution in [1.29, 1.82) is 0 Å². The fourth-order valence-electron chi connectivity index (χ4n) is 2.20. The second-order valence-electron chi connectivity index (χ2n) is 4.26. The number of nitrogen functional groups attached to an aromatic ring is 1. The number of fused-ring (bicyclic) bond motifs is 1. The lowest BCUT2D eigenvalue weighted by molar-refractivity contribution is 0.00852. The number of anilines is 1. The van der Waals surface area contributed by atoms with Crippen molar-refractivity contribution in [3.63, 3.8) is 0 Å². The van der Waals surface area contributed by atoms with Gasteiger partial charge < -0.3 is 15.6 Å². The summed E-state index contributed by atoms with van der Waals surface area (Å²) < 4.78 is 7.04. The molecule has 1 aliphatic heterocycles. The predicted molar refractivity (Wildman–Crippen MR) is 62.0 cm³/mol. The van der Waals surface area contributed by atoms with Crippen LogP contribution in [0.5, 0.6) is 0 Å². The summed E-state index contributed by atoms with van der Waals surface area (Å²) in [5, 5.41) is 13.1. The third-order valence-electron chi connectivity index (χ3n) is 3.06. The standard InChI is InChI=1S/C10H13N5O3/c11-10-13-9(17)8-12-3-6(15(8)14-10)7-2-1-5(4-16)18-7/h3,5,7,16H,1-2,4H2,(H3,11,13,14,17)/t5-,7+/m0/s1. The third-order valence-corrected chi connectivity index (χ3v) is 3.06. The summed E-state index contributed by atoms with van der Waals surface area (Å²) in [5.74, 6) is 0.0310. The molecule has 0 bridgehead atoms. The van der Waals surface area contributed by atoms with Crippen LogP contribution in [0.3, 0.4) is 0 Å². The van der Waals surface area contributed by atoms with Gasteiger partial charge in [0.15, 0.2) is 0 Å². The molecule has 0 amide bonds. The van der Waals surface area contributed by atoms with Gasteiger partial charge in [-0.3, -0.25) is 9.78 Å². The summed E-state index contributed by atoms with van der Waals surface area (Å²) in [7, 11) is 0. The van der Waals surface area contributed by atoms with Gasteiger partial charge in [0.2, 0.25) is 11.6 Å². The van der Waals surface area contributed by atoms with E-state index in [0.717, 1.165) is 12.8 Å². The van der Waals surface area contributed by atoms with E-state index in [1.807, 2.05) is 0 Å². The number of rotatable bonds is 2. The number of aliphatic hydroxyl groups excluding tert-OH is 1. The Morgan fingerprint density at radius 3 is 3.17 bits per heavy atom. The minimum Gasteiger partial charge on any atom is -0.394 e. The first-order valence-electron chi connectivity index (χ1n) is 5.69. The van der Waals surface area contributed by atoms with Crippen molar-refractivity contribution < 1.29 is 9.84 Å². The number of H-pyrrole nitrogens is 1. The number of aromatic amines is 1. The number of nitrogens with two attached hydrogens (primary N) is 1. The fourth-order valence-corrected chi connectivity index (χ4v) is 2.20. The smallest absolute Gasteiger partial charge is 0.295 e. The molecular formula is C10H13N5O3. The van der Waals surface area contributed by atoms with E-state index in [1.54, 1.807) is 6.20 Å². The van der Waals surface area contributed by atoms with Gasteiger partial charge in [-0.1, -0.05) is 0 Å². The molecule has 18 heavy (non-hydrogen) atoms. The van der Waals surface area contributed by atoms with Gasteiger partial charge in [-0.2, -0.15) is 0 Å². The first-order valence-corrected chi connectivity index (χ1v) is 5.69. The Morgan fingerprint density at radius 1 is 1.61 bits per heavy atom. The van der Waals surface area contributed by atoms with Crippen molar-refractivity contribution in [2.75, 3.05) is 12.3 Å². The zero-order valence-corrected chi connectivity index (χ0v) is 9.54. The van der Waals surface area contributed by atoms with Gasteiger partial charge in [-0.15, -0.1) is 5.10 Å². The van der Waals surface area contributed by atoms with Crippen molar-refractivity contribution in [2.45, 2.75) is 25.0 Å². The molecule has 1 aliphatic rings. The highest BCUT2D eigenvalue weighted by Gasteiger charge is 2.29. The summed E-state index contributed by atoms with van der Waals surface area (Å²) in [6.45, 7) is -0.0105. The lowest BCUT2D eigenvalue weighted by Crippen LogP contribution is -2.18. The van der Waals surface area contributed by atoms with Crippen LogP contribution in [0, 0.1) is 0 Å². The van der Waals surface area contributed by atoms with E-state index in [1.165, 1.54) is 4.52 Å². The molecule has 0 radical (unpaired) electrons. The van der Waals surface area contributed by atoms with Crippen LogP contribution in [-0.2, 0) is 4.74 Å². The van der Waals surface area contributed by atoms with Crippen LogP contribution >= 0.6 is 0 Å². The maximum absolute atomic E-state index is 11.6. The van der Waals surface area contributed by atoms with E-state index in [4.69, 9.17) is 15.6 Å². The zero-order valence-electron chi connectivity index (χ0n) is 9.54. The van der Waals surface area contributed by atoms with Gasteiger partial charge in [0, 0.05) is 0 Å². The molecular weight excluding hydrogens is 238 g/mol. The van der Waals surface area contributed by atoms with E-state index < -0.39 is 0 Å². The molecule has 2 aromatic heterocycles. The van der Waals surface area contributed by atoms with Gasteiger partial charge in [0.1, 0.15) is 6.10 Å². The topological polar surface area (TPSA) is 119 Å². The van der Waals surface area contributed by atoms with Crippen molar-refractivity contribution >= 4 is 11.6 Å². The molecule has 3 heterocycles. The molecule has 3 rings (SSSR count). The van der Waals surface area contributed by atoms with Gasteiger partial charge in [0.05, 0.1) is 24.6 Å². The van der Waals surface area contributed by atoms with Gasteiger partial charge in [-0.25, -0.2) is 9.50 Å². The molecule has 8 heteroatoms. The Bertz CT molecular complexity index is 634. The Balaban J connectivity index is 2.05. The highest BCUT2D eigenvalue weighted by atomic mass is 16.5. The van der Waals surface area contributed by atoms with Crippen LogP contribution in [0.1, 0.15) is 24.6 Å². The fraction of sp³-hybridized carbons (Fsp3) is 0.500. The molecule has 8 nitrogen and oxygen atoms in total. The Morgan fingerprint density at radius 2 is 2.44 bits per heavy atom. The normalized spacial score (nSPS) is 23.8. The number of aliphatic hydroxyl groups is 1. The van der Waals surface area contributed by atoms with E-state index >= 15 is 0 Å². The average molecular weight is 251 g/mol. The van der Waals surface area contributed by atoms with Crippen molar-refractivity contribution in [3.8, 4) is 0 Å². The second kappa shape index (κ2) is 4.07. The molecule has 0 aromatic carbocycles. The molecule has 2 aromatic rings. The number of aromatic nitrogens is 4. The molecule has 96 valence electrons. The molecule has 1 fully saturated rings. The van der Waals surface area contributed by atoms with E-state index in [2.05, 4.69) is 15.1 Å². The average Bonchev–Trinajstić information content (AvgIpc) is 2.93. The molecule has 4 N–H and O–H groups in total. The Kier molecular flexibility index (Phi) is 2.53. The summed E-state index contributed by atoms with van der Waals surface area (Å²) in [6, 6.07) is 0. The molecule has 0 unspecified atom stereocenters. The number of hydrogen-bond acceptors (Lipinski definition) is 6. The minimum atomic E-state index is -0.384. The highest BCUT2D eigenvalue weighted by Crippen LogP contribution is 2.32. The van der Waals surface area contributed by atoms with Crippen molar-refractivity contribution in [2.24, 2.45) is 0 Å². The minimum absolute atomic E-state index is 0.0105. The van der Waals surface area contributed by atoms with E-state index in [-0.39, 0.29) is 36.0 Å². The summed E-state index contributed by atoms with van der Waals surface area (Å²) in [5.41, 5.74) is 5.99. The van der Waals surface area contributed by atoms with Crippen LogP contribution in [0.2, 0.25) is 0 Å². The van der Waals surface area contributed by atoms with E-state index in [9.17, 15) is 4.79 Å². The highest BCUT2D eigenvalue weighted by molar-refractivity contribution is 5.38. The molecule has 0 spiro atoms. The summed E-state index contributed by atoms with van der Waals surface area (Å²) >= 11 is 0. The first kappa shape index (κ1) is 11.2. The number of imidazole rings is 1. The number of nitrogens with one attached hydrogen (secondary N) is 1. The van der Waals surface area contributed by atoms with Crippen LogP contribution < -0.4 is 11.3 Å². The third kappa shape index (κ3) is 1.66. The zero-order chi connectivity index (χ0) is 12.7. The van der Waals surface area contributed by atoms with Crippen LogP contribution in [-0.4, -0.2) is 37.4 Å². The number of ether oxygens (including phenoxy) is 1. The quantitative estimate of drug-likeness (QED) is 0.643. The number of hydrogen-bond donors (Lipinski definition) is 3. The van der Waals surface area contributed by atoms with Gasteiger partial charge in [-0.05, 0) is 12.8 Å². The maximum atomic E-state index is 11.6. The van der Waals surface area contributed by atoms with Crippen molar-refractivity contribution in [3.05, 3.63) is 22.2 Å². The van der Waals surface area contributed by atoms with Crippen LogP contribution in [0.25, 0.3) is 5.65 Å². The molecule has 0 aliphatic carbocycles. The monoisotopic (exact) mass is 251 g/mol. The molecule has 2 atom stereocenters. The lowest BCUT2D eigenvalue weighted by Gasteiger charge is -2.10. The SMILES string of the molecule is Nc1nn2c([C@H]3CC[C@@H](CO)O3)cnc2c(=O)[nH]1. The molecule has 1 saturated heterocycles. The summed E-state index contributed by atoms with van der Waals surface area (Å²) in [4.78, 5) is 18.0.